The van der Waals surface area contributed by atoms with Crippen LogP contribution in [0.3, 0.4) is 0 Å². The van der Waals surface area contributed by atoms with Crippen LogP contribution in [0, 0.1) is 5.41 Å². The van der Waals surface area contributed by atoms with Gasteiger partial charge in [-0.3, -0.25) is 5.41 Å². The Hall–Kier alpha value is 0.0500. The van der Waals surface area contributed by atoms with Crippen LogP contribution in [-0.2, 0) is 4.74 Å². The number of alkyl halides is 1. The van der Waals surface area contributed by atoms with Crippen LogP contribution in [0.4, 0.5) is 0 Å². The maximum Gasteiger partial charge on any atom is 0.180 e. The second-order valence-electron chi connectivity index (χ2n) is 1.65. The molecule has 0 radical (unpaired) electrons. The van der Waals surface area contributed by atoms with Crippen molar-refractivity contribution in [2.45, 2.75) is 19.8 Å². The van der Waals surface area contributed by atoms with Gasteiger partial charge < -0.3 is 4.74 Å². The average molecular weight is 186 g/mol. The van der Waals surface area contributed by atoms with Crippen LogP contribution in [0.25, 0.3) is 0 Å². The summed E-state index contributed by atoms with van der Waals surface area (Å²) in [6.07, 6.45) is 1.50. The largest absolute Gasteiger partial charge is 0.481 e. The zero-order valence-corrected chi connectivity index (χ0v) is 7.60. The minimum absolute atomic E-state index is 0. The van der Waals surface area contributed by atoms with Crippen molar-refractivity contribution in [2.75, 3.05) is 12.5 Å². The van der Waals surface area contributed by atoms with Crippen LogP contribution in [0.5, 0.6) is 0 Å². The quantitative estimate of drug-likeness (QED) is 0.408. The fraction of sp³-hybridized carbons (Fsp3) is 0.833. The first-order chi connectivity index (χ1) is 4.31. The number of rotatable bonds is 4. The number of hydrogen-bond acceptors (Lipinski definition) is 2. The van der Waals surface area contributed by atoms with Gasteiger partial charge in [0.15, 0.2) is 5.90 Å². The second kappa shape index (κ2) is 9.05. The summed E-state index contributed by atoms with van der Waals surface area (Å²) in [6, 6.07) is 0. The van der Waals surface area contributed by atoms with Gasteiger partial charge in [-0.1, -0.05) is 0 Å². The van der Waals surface area contributed by atoms with E-state index in [0.717, 1.165) is 6.42 Å². The Morgan fingerprint density at radius 1 is 1.60 bits per heavy atom. The van der Waals surface area contributed by atoms with Gasteiger partial charge >= 0.3 is 0 Å². The van der Waals surface area contributed by atoms with Crippen molar-refractivity contribution in [1.29, 1.82) is 5.41 Å². The van der Waals surface area contributed by atoms with E-state index in [9.17, 15) is 0 Å². The van der Waals surface area contributed by atoms with Gasteiger partial charge in [0.25, 0.3) is 0 Å². The third-order valence-corrected chi connectivity index (χ3v) is 1.12. The first kappa shape index (κ1) is 12.7. The van der Waals surface area contributed by atoms with E-state index in [1.807, 2.05) is 6.92 Å². The fourth-order valence-corrected chi connectivity index (χ4v) is 0.607. The maximum atomic E-state index is 7.11. The molecule has 0 aromatic carbocycles. The minimum atomic E-state index is 0. The minimum Gasteiger partial charge on any atom is -0.481 e. The molecule has 4 heteroatoms. The lowest BCUT2D eigenvalue weighted by atomic mass is 10.3. The van der Waals surface area contributed by atoms with Gasteiger partial charge in [-0.05, 0) is 13.3 Å². The summed E-state index contributed by atoms with van der Waals surface area (Å²) >= 11 is 5.39. The summed E-state index contributed by atoms with van der Waals surface area (Å²) in [5.74, 6) is 0.952. The van der Waals surface area contributed by atoms with E-state index in [1.54, 1.807) is 0 Å². The molecule has 0 rings (SSSR count). The van der Waals surface area contributed by atoms with Crippen molar-refractivity contribution in [3.63, 3.8) is 0 Å². The monoisotopic (exact) mass is 185 g/mol. The van der Waals surface area contributed by atoms with Crippen LogP contribution in [0.1, 0.15) is 19.8 Å². The molecule has 62 valence electrons. The summed E-state index contributed by atoms with van der Waals surface area (Å²) in [4.78, 5) is 0. The molecule has 0 aromatic heterocycles. The molecule has 0 spiro atoms. The molecule has 0 bridgehead atoms. The molecule has 1 N–H and O–H groups in total. The number of ether oxygens (including phenoxy) is 1. The molecule has 0 saturated heterocycles. The number of hydrogen-bond donors (Lipinski definition) is 1. The first-order valence-corrected chi connectivity index (χ1v) is 3.61. The zero-order valence-electron chi connectivity index (χ0n) is 6.02. The standard InChI is InChI=1S/C6H12ClNO.ClH/c1-2-9-6(8)4-3-5-7;/h8H,2-5H2,1H3;1H. The number of halogens is 2. The molecule has 0 aliphatic carbocycles. The van der Waals surface area contributed by atoms with Crippen molar-refractivity contribution in [1.82, 2.24) is 0 Å². The van der Waals surface area contributed by atoms with Gasteiger partial charge in [-0.25, -0.2) is 0 Å². The van der Waals surface area contributed by atoms with Crippen LogP contribution < -0.4 is 0 Å². The molecule has 0 atom stereocenters. The van der Waals surface area contributed by atoms with E-state index >= 15 is 0 Å². The maximum absolute atomic E-state index is 7.11. The Kier molecular flexibility index (Phi) is 11.5. The van der Waals surface area contributed by atoms with Gasteiger partial charge in [-0.15, -0.1) is 24.0 Å². The van der Waals surface area contributed by atoms with Gasteiger partial charge in [0.05, 0.1) is 6.61 Å². The molecule has 10 heavy (non-hydrogen) atoms. The lowest BCUT2D eigenvalue weighted by Crippen LogP contribution is -2.02. The molecule has 0 aromatic rings. The molecule has 0 unspecified atom stereocenters. The van der Waals surface area contributed by atoms with Crippen LogP contribution >= 0.6 is 24.0 Å². The van der Waals surface area contributed by atoms with Crippen molar-refractivity contribution in [3.05, 3.63) is 0 Å². The Balaban J connectivity index is 0. The number of nitrogens with one attached hydrogen (secondary N) is 1. The third kappa shape index (κ3) is 8.05. The van der Waals surface area contributed by atoms with E-state index in [-0.39, 0.29) is 12.4 Å². The second-order valence-corrected chi connectivity index (χ2v) is 2.03. The Morgan fingerprint density at radius 2 is 2.20 bits per heavy atom. The summed E-state index contributed by atoms with van der Waals surface area (Å²) in [5, 5.41) is 7.11. The summed E-state index contributed by atoms with van der Waals surface area (Å²) < 4.78 is 4.87. The summed E-state index contributed by atoms with van der Waals surface area (Å²) in [7, 11) is 0. The molecule has 0 amide bonds. The van der Waals surface area contributed by atoms with Crippen molar-refractivity contribution >= 4 is 29.9 Å². The molecule has 0 heterocycles. The highest BCUT2D eigenvalue weighted by molar-refractivity contribution is 6.17. The van der Waals surface area contributed by atoms with E-state index in [0.29, 0.717) is 24.8 Å². The highest BCUT2D eigenvalue weighted by Gasteiger charge is 1.93. The van der Waals surface area contributed by atoms with Gasteiger partial charge in [0.2, 0.25) is 0 Å². The third-order valence-electron chi connectivity index (χ3n) is 0.856. The van der Waals surface area contributed by atoms with E-state index in [4.69, 9.17) is 21.7 Å². The van der Waals surface area contributed by atoms with Crippen molar-refractivity contribution in [3.8, 4) is 0 Å². The molecule has 0 aliphatic heterocycles. The molecular weight excluding hydrogens is 173 g/mol. The lowest BCUT2D eigenvalue weighted by molar-refractivity contribution is 0.313. The Bertz CT molecular complexity index is 87.8. The Morgan fingerprint density at radius 3 is 2.60 bits per heavy atom. The van der Waals surface area contributed by atoms with Gasteiger partial charge in [-0.2, -0.15) is 0 Å². The van der Waals surface area contributed by atoms with Gasteiger partial charge in [0, 0.05) is 12.3 Å². The van der Waals surface area contributed by atoms with Gasteiger partial charge in [0.1, 0.15) is 0 Å². The average Bonchev–Trinajstić information content (AvgIpc) is 1.85. The summed E-state index contributed by atoms with van der Waals surface area (Å²) in [5.41, 5.74) is 0. The highest BCUT2D eigenvalue weighted by atomic mass is 35.5. The Labute approximate surface area is 72.8 Å². The molecule has 0 fully saturated rings. The topological polar surface area (TPSA) is 33.1 Å². The SMILES string of the molecule is CCOC(=N)CCCCl.Cl. The summed E-state index contributed by atoms with van der Waals surface area (Å²) in [6.45, 7) is 2.45. The molecule has 0 saturated carbocycles. The lowest BCUT2D eigenvalue weighted by Gasteiger charge is -2.01. The molecule has 2 nitrogen and oxygen atoms in total. The molecule has 0 aliphatic rings. The van der Waals surface area contributed by atoms with E-state index in [2.05, 4.69) is 0 Å². The predicted octanol–water partition coefficient (Wildman–Crippen LogP) is 2.44. The molecular formula is C6H13Cl2NO. The fourth-order valence-electron chi connectivity index (χ4n) is 0.474. The highest BCUT2D eigenvalue weighted by Crippen LogP contribution is 1.94. The van der Waals surface area contributed by atoms with Crippen molar-refractivity contribution < 1.29 is 4.74 Å². The van der Waals surface area contributed by atoms with E-state index in [1.165, 1.54) is 0 Å². The van der Waals surface area contributed by atoms with E-state index < -0.39 is 0 Å². The van der Waals surface area contributed by atoms with Crippen LogP contribution in [0.2, 0.25) is 0 Å². The smallest absolute Gasteiger partial charge is 0.180 e. The first-order valence-electron chi connectivity index (χ1n) is 3.07. The van der Waals surface area contributed by atoms with Crippen LogP contribution in [-0.4, -0.2) is 18.4 Å². The van der Waals surface area contributed by atoms with Crippen molar-refractivity contribution in [2.24, 2.45) is 0 Å². The zero-order chi connectivity index (χ0) is 7.11. The predicted molar refractivity (Wildman–Crippen MR) is 46.6 cm³/mol. The normalized spacial score (nSPS) is 8.20. The van der Waals surface area contributed by atoms with Crippen LogP contribution in [0.15, 0.2) is 0 Å².